The molecule has 108 valence electrons. The standard InChI is InChI=1S/C12H15N3O4S/c1-9(2)19-12(16)15-20(17,18)14-8-11-5-3-10(7-13)4-6-11/h3-6,9,14H,8H2,1-2H3,(H,15,16). The van der Waals surface area contributed by atoms with Crippen LogP contribution in [0.3, 0.4) is 0 Å². The molecule has 0 unspecified atom stereocenters. The van der Waals surface area contributed by atoms with E-state index < -0.39 is 22.4 Å². The van der Waals surface area contributed by atoms with Crippen LogP contribution in [0.15, 0.2) is 24.3 Å². The number of amides is 1. The summed E-state index contributed by atoms with van der Waals surface area (Å²) in [6.45, 7) is 3.21. The van der Waals surface area contributed by atoms with Gasteiger partial charge in [-0.05, 0) is 31.5 Å². The van der Waals surface area contributed by atoms with E-state index in [1.807, 2.05) is 6.07 Å². The number of nitriles is 1. The molecule has 7 nitrogen and oxygen atoms in total. The van der Waals surface area contributed by atoms with Gasteiger partial charge in [0.2, 0.25) is 0 Å². The third-order valence-corrected chi connectivity index (χ3v) is 3.07. The summed E-state index contributed by atoms with van der Waals surface area (Å²) >= 11 is 0. The largest absolute Gasteiger partial charge is 0.446 e. The smallest absolute Gasteiger partial charge is 0.422 e. The summed E-state index contributed by atoms with van der Waals surface area (Å²) in [4.78, 5) is 11.2. The van der Waals surface area contributed by atoms with Gasteiger partial charge in [-0.15, -0.1) is 0 Å². The van der Waals surface area contributed by atoms with Crippen molar-refractivity contribution < 1.29 is 17.9 Å². The number of nitrogens with one attached hydrogen (secondary N) is 2. The van der Waals surface area contributed by atoms with E-state index in [0.717, 1.165) is 0 Å². The molecule has 0 radical (unpaired) electrons. The number of ether oxygens (including phenoxy) is 1. The van der Waals surface area contributed by atoms with Gasteiger partial charge in [0.25, 0.3) is 0 Å². The molecule has 1 amide bonds. The van der Waals surface area contributed by atoms with Crippen LogP contribution in [0, 0.1) is 11.3 Å². The maximum Gasteiger partial charge on any atom is 0.422 e. The van der Waals surface area contributed by atoms with E-state index in [4.69, 9.17) is 5.26 Å². The second-order valence-corrected chi connectivity index (χ2v) is 5.69. The third kappa shape index (κ3) is 5.69. The Hall–Kier alpha value is -2.11. The fourth-order valence-electron chi connectivity index (χ4n) is 1.26. The topological polar surface area (TPSA) is 108 Å². The summed E-state index contributed by atoms with van der Waals surface area (Å²) in [5.41, 5.74) is 1.14. The molecule has 0 aliphatic rings. The number of benzene rings is 1. The van der Waals surface area contributed by atoms with E-state index in [2.05, 4.69) is 9.46 Å². The number of rotatable bonds is 5. The molecule has 1 aromatic carbocycles. The molecule has 1 aromatic rings. The molecule has 0 saturated heterocycles. The predicted molar refractivity (Wildman–Crippen MR) is 71.7 cm³/mol. The van der Waals surface area contributed by atoms with Crippen molar-refractivity contribution in [2.75, 3.05) is 0 Å². The van der Waals surface area contributed by atoms with E-state index in [1.165, 1.54) is 0 Å². The lowest BCUT2D eigenvalue weighted by molar-refractivity contribution is 0.121. The highest BCUT2D eigenvalue weighted by Crippen LogP contribution is 2.03. The van der Waals surface area contributed by atoms with E-state index in [1.54, 1.807) is 42.8 Å². The van der Waals surface area contributed by atoms with E-state index in [9.17, 15) is 13.2 Å². The van der Waals surface area contributed by atoms with Crippen LogP contribution in [0.2, 0.25) is 0 Å². The third-order valence-electron chi connectivity index (χ3n) is 2.11. The van der Waals surface area contributed by atoms with E-state index >= 15 is 0 Å². The highest BCUT2D eigenvalue weighted by molar-refractivity contribution is 7.88. The van der Waals surface area contributed by atoms with Gasteiger partial charge in [0.05, 0.1) is 17.7 Å². The van der Waals surface area contributed by atoms with Gasteiger partial charge in [-0.25, -0.2) is 9.52 Å². The van der Waals surface area contributed by atoms with Gasteiger partial charge in [0.15, 0.2) is 0 Å². The van der Waals surface area contributed by atoms with Crippen molar-refractivity contribution in [1.29, 1.82) is 5.26 Å². The Morgan fingerprint density at radius 2 is 1.95 bits per heavy atom. The number of carbonyl (C=O) groups is 1. The molecule has 20 heavy (non-hydrogen) atoms. The molecule has 2 N–H and O–H groups in total. The molecule has 0 aliphatic carbocycles. The Kier molecular flexibility index (Phi) is 5.49. The normalized spacial score (nSPS) is 10.9. The molecule has 0 aromatic heterocycles. The van der Waals surface area contributed by atoms with E-state index in [-0.39, 0.29) is 6.54 Å². The van der Waals surface area contributed by atoms with Crippen molar-refractivity contribution in [3.63, 3.8) is 0 Å². The maximum atomic E-state index is 11.5. The number of hydrogen-bond donors (Lipinski definition) is 2. The molecule has 0 atom stereocenters. The Labute approximate surface area is 117 Å². The molecular weight excluding hydrogens is 282 g/mol. The highest BCUT2D eigenvalue weighted by atomic mass is 32.2. The zero-order valence-electron chi connectivity index (χ0n) is 11.1. The SMILES string of the molecule is CC(C)OC(=O)NS(=O)(=O)NCc1ccc(C#N)cc1. The first-order valence-electron chi connectivity index (χ1n) is 5.79. The van der Waals surface area contributed by atoms with Crippen LogP contribution in [0.5, 0.6) is 0 Å². The van der Waals surface area contributed by atoms with Crippen molar-refractivity contribution in [3.8, 4) is 6.07 Å². The summed E-state index contributed by atoms with van der Waals surface area (Å²) in [5, 5.41) is 8.64. The Balaban J connectivity index is 2.54. The summed E-state index contributed by atoms with van der Waals surface area (Å²) in [5.74, 6) is 0. The Bertz CT molecular complexity index is 603. The summed E-state index contributed by atoms with van der Waals surface area (Å²) in [6.07, 6.45) is -1.45. The lowest BCUT2D eigenvalue weighted by atomic mass is 10.1. The molecule has 0 saturated carbocycles. The van der Waals surface area contributed by atoms with Gasteiger partial charge in [0, 0.05) is 6.54 Å². The molecule has 0 fully saturated rings. The predicted octanol–water partition coefficient (Wildman–Crippen LogP) is 1.03. The Morgan fingerprint density at radius 1 is 1.35 bits per heavy atom. The van der Waals surface area contributed by atoms with Gasteiger partial charge in [-0.3, -0.25) is 0 Å². The first kappa shape index (κ1) is 15.9. The van der Waals surface area contributed by atoms with Crippen LogP contribution >= 0.6 is 0 Å². The number of hydrogen-bond acceptors (Lipinski definition) is 5. The second-order valence-electron chi connectivity index (χ2n) is 4.19. The minimum Gasteiger partial charge on any atom is -0.446 e. The average molecular weight is 297 g/mol. The van der Waals surface area contributed by atoms with Gasteiger partial charge in [-0.1, -0.05) is 12.1 Å². The first-order valence-corrected chi connectivity index (χ1v) is 7.28. The molecule has 0 aliphatic heterocycles. The number of nitrogens with zero attached hydrogens (tertiary/aromatic N) is 1. The quantitative estimate of drug-likeness (QED) is 0.843. The first-order chi connectivity index (χ1) is 9.32. The minimum atomic E-state index is -3.98. The summed E-state index contributed by atoms with van der Waals surface area (Å²) in [6, 6.07) is 8.34. The molecule has 1 rings (SSSR count). The van der Waals surface area contributed by atoms with Crippen molar-refractivity contribution in [3.05, 3.63) is 35.4 Å². The number of carbonyl (C=O) groups excluding carboxylic acids is 1. The summed E-state index contributed by atoms with van der Waals surface area (Å²) in [7, 11) is -3.98. The lowest BCUT2D eigenvalue weighted by Gasteiger charge is -2.10. The fourth-order valence-corrected chi connectivity index (χ4v) is 1.96. The molecule has 8 heteroatoms. The van der Waals surface area contributed by atoms with Crippen molar-refractivity contribution >= 4 is 16.3 Å². The maximum absolute atomic E-state index is 11.5. The van der Waals surface area contributed by atoms with Gasteiger partial charge >= 0.3 is 16.3 Å². The van der Waals surface area contributed by atoms with Crippen LogP contribution in [0.1, 0.15) is 25.0 Å². The molecular formula is C12H15N3O4S. The highest BCUT2D eigenvalue weighted by Gasteiger charge is 2.15. The summed E-state index contributed by atoms with van der Waals surface area (Å²) < 4.78 is 31.7. The molecule has 0 spiro atoms. The van der Waals surface area contributed by atoms with Crippen LogP contribution in [0.25, 0.3) is 0 Å². The van der Waals surface area contributed by atoms with Crippen molar-refractivity contribution in [1.82, 2.24) is 9.44 Å². The lowest BCUT2D eigenvalue weighted by Crippen LogP contribution is -2.40. The van der Waals surface area contributed by atoms with Crippen LogP contribution in [-0.4, -0.2) is 20.6 Å². The molecule has 0 bridgehead atoms. The van der Waals surface area contributed by atoms with Crippen LogP contribution in [0.4, 0.5) is 4.79 Å². The zero-order valence-corrected chi connectivity index (χ0v) is 11.9. The monoisotopic (exact) mass is 297 g/mol. The second kappa shape index (κ2) is 6.88. The van der Waals surface area contributed by atoms with Gasteiger partial charge in [0.1, 0.15) is 0 Å². The van der Waals surface area contributed by atoms with Crippen LogP contribution < -0.4 is 9.44 Å². The fraction of sp³-hybridized carbons (Fsp3) is 0.333. The van der Waals surface area contributed by atoms with Gasteiger partial charge < -0.3 is 4.74 Å². The zero-order chi connectivity index (χ0) is 15.2. The van der Waals surface area contributed by atoms with Crippen molar-refractivity contribution in [2.24, 2.45) is 0 Å². The average Bonchev–Trinajstić information content (AvgIpc) is 2.35. The molecule has 0 heterocycles. The van der Waals surface area contributed by atoms with Crippen LogP contribution in [-0.2, 0) is 21.5 Å². The minimum absolute atomic E-state index is 0.00397. The van der Waals surface area contributed by atoms with E-state index in [0.29, 0.717) is 11.1 Å². The van der Waals surface area contributed by atoms with Crippen molar-refractivity contribution in [2.45, 2.75) is 26.5 Å². The Morgan fingerprint density at radius 3 is 2.45 bits per heavy atom. The van der Waals surface area contributed by atoms with Gasteiger partial charge in [-0.2, -0.15) is 18.4 Å².